The van der Waals surface area contributed by atoms with Crippen molar-refractivity contribution in [2.45, 2.75) is 25.3 Å². The predicted octanol–water partition coefficient (Wildman–Crippen LogP) is 1.45. The van der Waals surface area contributed by atoms with Crippen molar-refractivity contribution in [3.8, 4) is 17.2 Å². The zero-order valence-electron chi connectivity index (χ0n) is 13.0. The van der Waals surface area contributed by atoms with Gasteiger partial charge in [-0.15, -0.1) is 0 Å². The molecular weight excluding hydrogens is 302 g/mol. The minimum Gasteiger partial charge on any atom is -0.493 e. The number of benzene rings is 1. The standard InChI is InChI=1S/C16H19NO6/c1-16(15(19)20,10-3-4-10)17-14(18)9-7-11(21-2)13-12(8-9)22-5-6-23-13/h7-8,10H,3-6H2,1-2H3,(H,17,18)(H,19,20). The van der Waals surface area contributed by atoms with Crippen molar-refractivity contribution in [3.63, 3.8) is 0 Å². The number of hydrogen-bond acceptors (Lipinski definition) is 5. The highest BCUT2D eigenvalue weighted by molar-refractivity contribution is 5.99. The predicted molar refractivity (Wildman–Crippen MR) is 80.2 cm³/mol. The van der Waals surface area contributed by atoms with Crippen molar-refractivity contribution < 1.29 is 28.9 Å². The molecule has 7 heteroatoms. The Bertz CT molecular complexity index is 637. The van der Waals surface area contributed by atoms with Gasteiger partial charge < -0.3 is 24.6 Å². The van der Waals surface area contributed by atoms with Gasteiger partial charge >= 0.3 is 5.97 Å². The highest BCUT2D eigenvalue weighted by Crippen LogP contribution is 2.42. The van der Waals surface area contributed by atoms with Crippen molar-refractivity contribution >= 4 is 11.9 Å². The van der Waals surface area contributed by atoms with Crippen molar-refractivity contribution in [1.29, 1.82) is 0 Å². The lowest BCUT2D eigenvalue weighted by molar-refractivity contribution is -0.144. The highest BCUT2D eigenvalue weighted by Gasteiger charge is 2.48. The molecule has 0 radical (unpaired) electrons. The molecule has 2 aliphatic rings. The molecule has 1 heterocycles. The van der Waals surface area contributed by atoms with E-state index in [9.17, 15) is 14.7 Å². The number of ether oxygens (including phenoxy) is 3. The molecule has 0 aromatic heterocycles. The SMILES string of the molecule is COc1cc(C(=O)NC(C)(C(=O)O)C2CC2)cc2c1OCCO2. The van der Waals surface area contributed by atoms with Crippen LogP contribution < -0.4 is 19.5 Å². The normalized spacial score (nSPS) is 18.7. The number of carboxylic acid groups (broad SMARTS) is 1. The number of carbonyl (C=O) groups excluding carboxylic acids is 1. The maximum Gasteiger partial charge on any atom is 0.329 e. The molecule has 1 aliphatic heterocycles. The fourth-order valence-corrected chi connectivity index (χ4v) is 2.70. The Labute approximate surface area is 133 Å². The first-order chi connectivity index (χ1) is 11.0. The quantitative estimate of drug-likeness (QED) is 0.852. The zero-order valence-corrected chi connectivity index (χ0v) is 13.0. The Morgan fingerprint density at radius 1 is 1.30 bits per heavy atom. The summed E-state index contributed by atoms with van der Waals surface area (Å²) in [4.78, 5) is 24.1. The summed E-state index contributed by atoms with van der Waals surface area (Å²) in [6.45, 7) is 2.34. The fourth-order valence-electron chi connectivity index (χ4n) is 2.70. The minimum absolute atomic E-state index is 0.0388. The Balaban J connectivity index is 1.89. The van der Waals surface area contributed by atoms with Gasteiger partial charge in [-0.3, -0.25) is 4.79 Å². The molecule has 1 aromatic carbocycles. The number of aliphatic carboxylic acids is 1. The van der Waals surface area contributed by atoms with E-state index in [2.05, 4.69) is 5.32 Å². The van der Waals surface area contributed by atoms with Crippen molar-refractivity contribution in [2.75, 3.05) is 20.3 Å². The van der Waals surface area contributed by atoms with Crippen molar-refractivity contribution in [3.05, 3.63) is 17.7 Å². The summed E-state index contributed by atoms with van der Waals surface area (Å²) >= 11 is 0. The van der Waals surface area contributed by atoms with E-state index in [-0.39, 0.29) is 11.5 Å². The van der Waals surface area contributed by atoms with Crippen LogP contribution in [-0.2, 0) is 4.79 Å². The average molecular weight is 321 g/mol. The molecule has 124 valence electrons. The third kappa shape index (κ3) is 2.78. The Hall–Kier alpha value is -2.44. The molecule has 1 atom stereocenters. The van der Waals surface area contributed by atoms with Crippen LogP contribution in [0, 0.1) is 5.92 Å². The van der Waals surface area contributed by atoms with Crippen LogP contribution in [0.3, 0.4) is 0 Å². The molecule has 7 nitrogen and oxygen atoms in total. The molecule has 1 fully saturated rings. The van der Waals surface area contributed by atoms with E-state index in [0.29, 0.717) is 30.5 Å². The second-order valence-electron chi connectivity index (χ2n) is 5.94. The van der Waals surface area contributed by atoms with E-state index >= 15 is 0 Å². The molecule has 2 N–H and O–H groups in total. The number of nitrogens with one attached hydrogen (secondary N) is 1. The van der Waals surface area contributed by atoms with Gasteiger partial charge in [0.25, 0.3) is 5.91 Å². The van der Waals surface area contributed by atoms with Crippen LogP contribution in [0.5, 0.6) is 17.2 Å². The average Bonchev–Trinajstić information content (AvgIpc) is 3.38. The zero-order chi connectivity index (χ0) is 16.6. The largest absolute Gasteiger partial charge is 0.493 e. The van der Waals surface area contributed by atoms with E-state index in [1.54, 1.807) is 13.0 Å². The number of carboxylic acids is 1. The molecule has 0 saturated heterocycles. The van der Waals surface area contributed by atoms with Gasteiger partial charge in [-0.25, -0.2) is 4.79 Å². The lowest BCUT2D eigenvalue weighted by Crippen LogP contribution is -2.54. The third-order valence-corrected chi connectivity index (χ3v) is 4.30. The summed E-state index contributed by atoms with van der Waals surface area (Å²) in [5, 5.41) is 12.1. The molecule has 1 amide bonds. The van der Waals surface area contributed by atoms with Crippen LogP contribution in [0.25, 0.3) is 0 Å². The summed E-state index contributed by atoms with van der Waals surface area (Å²) in [5.41, 5.74) is -0.989. The maximum absolute atomic E-state index is 12.5. The van der Waals surface area contributed by atoms with Gasteiger partial charge in [0.15, 0.2) is 11.5 Å². The molecule has 1 saturated carbocycles. The first-order valence-electron chi connectivity index (χ1n) is 7.49. The van der Waals surface area contributed by atoms with Crippen LogP contribution >= 0.6 is 0 Å². The minimum atomic E-state index is -1.27. The smallest absolute Gasteiger partial charge is 0.329 e. The number of carbonyl (C=O) groups is 2. The summed E-state index contributed by atoms with van der Waals surface area (Å²) in [6.07, 6.45) is 1.60. The fraction of sp³-hybridized carbons (Fsp3) is 0.500. The second-order valence-corrected chi connectivity index (χ2v) is 5.94. The van der Waals surface area contributed by atoms with Gasteiger partial charge in [0.2, 0.25) is 5.75 Å². The van der Waals surface area contributed by atoms with E-state index < -0.39 is 17.4 Å². The molecule has 1 aliphatic carbocycles. The maximum atomic E-state index is 12.5. The van der Waals surface area contributed by atoms with Gasteiger partial charge in [0, 0.05) is 5.56 Å². The molecule has 0 spiro atoms. The van der Waals surface area contributed by atoms with Crippen LogP contribution in [0.2, 0.25) is 0 Å². The van der Waals surface area contributed by atoms with Gasteiger partial charge in [-0.2, -0.15) is 0 Å². The first kappa shape index (κ1) is 15.5. The van der Waals surface area contributed by atoms with E-state index in [4.69, 9.17) is 14.2 Å². The van der Waals surface area contributed by atoms with Crippen LogP contribution in [-0.4, -0.2) is 42.8 Å². The van der Waals surface area contributed by atoms with Gasteiger partial charge in [0.1, 0.15) is 18.8 Å². The monoisotopic (exact) mass is 321 g/mol. The van der Waals surface area contributed by atoms with E-state index in [1.807, 2.05) is 0 Å². The molecular formula is C16H19NO6. The first-order valence-corrected chi connectivity index (χ1v) is 7.49. The van der Waals surface area contributed by atoms with Gasteiger partial charge in [0.05, 0.1) is 7.11 Å². The molecule has 1 unspecified atom stereocenters. The Morgan fingerprint density at radius 2 is 2.00 bits per heavy atom. The van der Waals surface area contributed by atoms with Crippen LogP contribution in [0.1, 0.15) is 30.1 Å². The second kappa shape index (κ2) is 5.64. The molecule has 0 bridgehead atoms. The number of amides is 1. The molecule has 1 aromatic rings. The number of fused-ring (bicyclic) bond motifs is 1. The topological polar surface area (TPSA) is 94.1 Å². The Kier molecular flexibility index (Phi) is 3.79. The van der Waals surface area contributed by atoms with Crippen molar-refractivity contribution in [1.82, 2.24) is 5.32 Å². The number of methoxy groups -OCH3 is 1. The van der Waals surface area contributed by atoms with Crippen LogP contribution in [0.15, 0.2) is 12.1 Å². The van der Waals surface area contributed by atoms with Gasteiger partial charge in [-0.1, -0.05) is 0 Å². The highest BCUT2D eigenvalue weighted by atomic mass is 16.6. The number of rotatable bonds is 5. The lowest BCUT2D eigenvalue weighted by atomic mass is 9.95. The summed E-state index contributed by atoms with van der Waals surface area (Å²) in [5.74, 6) is -0.281. The summed E-state index contributed by atoms with van der Waals surface area (Å²) < 4.78 is 16.2. The molecule has 23 heavy (non-hydrogen) atoms. The summed E-state index contributed by atoms with van der Waals surface area (Å²) in [7, 11) is 1.47. The lowest BCUT2D eigenvalue weighted by Gasteiger charge is -2.27. The van der Waals surface area contributed by atoms with Gasteiger partial charge in [-0.05, 0) is 37.8 Å². The Morgan fingerprint density at radius 3 is 2.61 bits per heavy atom. The van der Waals surface area contributed by atoms with E-state index in [1.165, 1.54) is 13.2 Å². The summed E-state index contributed by atoms with van der Waals surface area (Å²) in [6, 6.07) is 3.07. The molecule has 3 rings (SSSR count). The van der Waals surface area contributed by atoms with Crippen LogP contribution in [0.4, 0.5) is 0 Å². The third-order valence-electron chi connectivity index (χ3n) is 4.30. The van der Waals surface area contributed by atoms with Crippen molar-refractivity contribution in [2.24, 2.45) is 5.92 Å². The number of hydrogen-bond donors (Lipinski definition) is 2. The van der Waals surface area contributed by atoms with E-state index in [0.717, 1.165) is 12.8 Å².